The second-order valence-corrected chi connectivity index (χ2v) is 3.63. The number of hydrogen-bond donors (Lipinski definition) is 3. The van der Waals surface area contributed by atoms with Gasteiger partial charge in [-0.05, 0) is 26.0 Å². The third kappa shape index (κ3) is 5.01. The lowest BCUT2D eigenvalue weighted by Crippen LogP contribution is -2.18. The number of carbonyl (C=O) groups is 2. The average Bonchev–Trinajstić information content (AvgIpc) is 2.40. The molecule has 0 aromatic carbocycles. The average molecular weight is 282 g/mol. The smallest absolute Gasteiger partial charge is 0.411 e. The number of carbonyl (C=O) groups excluding carboxylic acids is 2. The van der Waals surface area contributed by atoms with Crippen LogP contribution in [0.5, 0.6) is 0 Å². The van der Waals surface area contributed by atoms with Gasteiger partial charge in [-0.1, -0.05) is 0 Å². The first-order chi connectivity index (χ1) is 9.56. The summed E-state index contributed by atoms with van der Waals surface area (Å²) in [6.07, 6.45) is -0.603. The Morgan fingerprint density at radius 2 is 1.95 bits per heavy atom. The van der Waals surface area contributed by atoms with Gasteiger partial charge in [0.25, 0.3) is 0 Å². The largest absolute Gasteiger partial charge is 0.465 e. The van der Waals surface area contributed by atoms with E-state index in [1.807, 2.05) is 0 Å². The topological polar surface area (TPSA) is 116 Å². The Morgan fingerprint density at radius 3 is 2.55 bits per heavy atom. The second kappa shape index (κ2) is 7.82. The zero-order valence-electron chi connectivity index (χ0n) is 11.4. The van der Waals surface area contributed by atoms with E-state index < -0.39 is 6.09 Å². The number of nitrogens with one attached hydrogen (secondary N) is 2. The van der Waals surface area contributed by atoms with Crippen molar-refractivity contribution in [2.45, 2.75) is 13.8 Å². The highest BCUT2D eigenvalue weighted by molar-refractivity contribution is 5.88. The number of hydrogen-bond acceptors (Lipinski definition) is 7. The summed E-state index contributed by atoms with van der Waals surface area (Å²) in [4.78, 5) is 26.4. The van der Waals surface area contributed by atoms with Gasteiger partial charge in [0.15, 0.2) is 0 Å². The zero-order valence-corrected chi connectivity index (χ0v) is 11.4. The highest BCUT2D eigenvalue weighted by atomic mass is 16.5. The molecule has 0 spiro atoms. The van der Waals surface area contributed by atoms with Crippen molar-refractivity contribution in [2.75, 3.05) is 36.1 Å². The van der Waals surface area contributed by atoms with Gasteiger partial charge in [-0.3, -0.25) is 10.1 Å². The summed E-state index contributed by atoms with van der Waals surface area (Å²) < 4.78 is 9.49. The predicted octanol–water partition coefficient (Wildman–Crippen LogP) is 1.21. The summed E-state index contributed by atoms with van der Waals surface area (Å²) in [7, 11) is 0. The van der Waals surface area contributed by atoms with E-state index in [-0.39, 0.29) is 24.9 Å². The van der Waals surface area contributed by atoms with E-state index in [4.69, 9.17) is 15.2 Å². The maximum Gasteiger partial charge on any atom is 0.411 e. The van der Waals surface area contributed by atoms with Crippen molar-refractivity contribution in [3.05, 3.63) is 12.1 Å². The normalized spacial score (nSPS) is 9.70. The van der Waals surface area contributed by atoms with Crippen molar-refractivity contribution in [3.63, 3.8) is 0 Å². The number of nitrogen functional groups attached to an aromatic ring is 1. The minimum Gasteiger partial charge on any atom is -0.465 e. The molecule has 0 saturated carbocycles. The SMILES string of the molecule is CCOC(=O)CNc1ccc(NC(=O)OCC)c(N)n1. The summed E-state index contributed by atoms with van der Waals surface area (Å²) in [6.45, 7) is 4.00. The first-order valence-corrected chi connectivity index (χ1v) is 6.16. The Balaban J connectivity index is 2.59. The van der Waals surface area contributed by atoms with Gasteiger partial charge in [0.2, 0.25) is 0 Å². The van der Waals surface area contributed by atoms with Gasteiger partial charge in [0, 0.05) is 0 Å². The molecule has 0 aliphatic rings. The maximum atomic E-state index is 11.2. The standard InChI is InChI=1S/C12H18N4O4/c1-3-19-10(17)7-14-9-6-5-8(11(13)16-9)15-12(18)20-4-2/h5-6H,3-4,7H2,1-2H3,(H,15,18)(H3,13,14,16). The van der Waals surface area contributed by atoms with E-state index in [0.29, 0.717) is 18.1 Å². The Labute approximate surface area is 116 Å². The molecule has 0 unspecified atom stereocenters. The number of aromatic nitrogens is 1. The lowest BCUT2D eigenvalue weighted by atomic mass is 10.3. The van der Waals surface area contributed by atoms with Crippen LogP contribution in [0.2, 0.25) is 0 Å². The molecule has 8 heteroatoms. The number of esters is 1. The Hall–Kier alpha value is -2.51. The molecule has 0 atom stereocenters. The maximum absolute atomic E-state index is 11.2. The molecule has 1 aromatic heterocycles. The van der Waals surface area contributed by atoms with Crippen LogP contribution in [0.25, 0.3) is 0 Å². The molecule has 0 fully saturated rings. The van der Waals surface area contributed by atoms with Crippen molar-refractivity contribution >= 4 is 29.4 Å². The molecule has 0 bridgehead atoms. The molecule has 0 saturated heterocycles. The molecule has 0 aliphatic heterocycles. The fourth-order valence-electron chi connectivity index (χ4n) is 1.33. The minimum atomic E-state index is -0.603. The number of pyridine rings is 1. The molecule has 20 heavy (non-hydrogen) atoms. The van der Waals surface area contributed by atoms with Crippen LogP contribution in [0, 0.1) is 0 Å². The number of amides is 1. The van der Waals surface area contributed by atoms with Crippen LogP contribution in [0.3, 0.4) is 0 Å². The molecule has 0 radical (unpaired) electrons. The molecule has 1 aromatic rings. The van der Waals surface area contributed by atoms with Gasteiger partial charge in [0.05, 0.1) is 18.9 Å². The number of ether oxygens (including phenoxy) is 2. The van der Waals surface area contributed by atoms with E-state index in [2.05, 4.69) is 15.6 Å². The number of nitrogens with zero attached hydrogens (tertiary/aromatic N) is 1. The molecule has 4 N–H and O–H groups in total. The number of anilines is 3. The summed E-state index contributed by atoms with van der Waals surface area (Å²) in [5.74, 6) is 0.137. The molecule has 1 rings (SSSR count). The predicted molar refractivity (Wildman–Crippen MR) is 74.4 cm³/mol. The molecule has 1 amide bonds. The van der Waals surface area contributed by atoms with Gasteiger partial charge in [-0.25, -0.2) is 9.78 Å². The lowest BCUT2D eigenvalue weighted by molar-refractivity contribution is -0.140. The van der Waals surface area contributed by atoms with Crippen LogP contribution < -0.4 is 16.4 Å². The Bertz CT molecular complexity index is 479. The third-order valence-electron chi connectivity index (χ3n) is 2.16. The van der Waals surface area contributed by atoms with E-state index in [9.17, 15) is 9.59 Å². The fraction of sp³-hybridized carbons (Fsp3) is 0.417. The van der Waals surface area contributed by atoms with Crippen LogP contribution in [0.15, 0.2) is 12.1 Å². The van der Waals surface area contributed by atoms with Crippen LogP contribution in [0.4, 0.5) is 22.1 Å². The first kappa shape index (κ1) is 15.5. The fourth-order valence-corrected chi connectivity index (χ4v) is 1.33. The highest BCUT2D eigenvalue weighted by Crippen LogP contribution is 2.18. The van der Waals surface area contributed by atoms with Crippen molar-refractivity contribution < 1.29 is 19.1 Å². The zero-order chi connectivity index (χ0) is 15.0. The van der Waals surface area contributed by atoms with Gasteiger partial charge in [0.1, 0.15) is 18.2 Å². The van der Waals surface area contributed by atoms with E-state index in [1.54, 1.807) is 26.0 Å². The van der Waals surface area contributed by atoms with Crippen LogP contribution in [-0.2, 0) is 14.3 Å². The van der Waals surface area contributed by atoms with Gasteiger partial charge in [-0.15, -0.1) is 0 Å². The summed E-state index contributed by atoms with van der Waals surface area (Å²) in [5, 5.41) is 5.22. The van der Waals surface area contributed by atoms with Crippen LogP contribution >= 0.6 is 0 Å². The van der Waals surface area contributed by atoms with Gasteiger partial charge < -0.3 is 20.5 Å². The van der Waals surface area contributed by atoms with Crippen LogP contribution in [-0.4, -0.2) is 36.8 Å². The number of rotatable bonds is 6. The van der Waals surface area contributed by atoms with Crippen molar-refractivity contribution in [2.24, 2.45) is 0 Å². The third-order valence-corrected chi connectivity index (χ3v) is 2.16. The second-order valence-electron chi connectivity index (χ2n) is 3.63. The first-order valence-electron chi connectivity index (χ1n) is 6.16. The Kier molecular flexibility index (Phi) is 6.08. The molecule has 8 nitrogen and oxygen atoms in total. The van der Waals surface area contributed by atoms with Gasteiger partial charge >= 0.3 is 12.1 Å². The molecular weight excluding hydrogens is 264 g/mol. The summed E-state index contributed by atoms with van der Waals surface area (Å²) >= 11 is 0. The summed E-state index contributed by atoms with van der Waals surface area (Å²) in [6, 6.07) is 3.14. The summed E-state index contributed by atoms with van der Waals surface area (Å²) in [5.41, 5.74) is 6.03. The molecule has 110 valence electrons. The molecule has 0 aliphatic carbocycles. The lowest BCUT2D eigenvalue weighted by Gasteiger charge is -2.10. The van der Waals surface area contributed by atoms with Gasteiger partial charge in [-0.2, -0.15) is 0 Å². The van der Waals surface area contributed by atoms with Crippen molar-refractivity contribution in [1.29, 1.82) is 0 Å². The van der Waals surface area contributed by atoms with E-state index in [0.717, 1.165) is 0 Å². The van der Waals surface area contributed by atoms with Crippen molar-refractivity contribution in [3.8, 4) is 0 Å². The quantitative estimate of drug-likeness (QED) is 0.671. The van der Waals surface area contributed by atoms with E-state index in [1.165, 1.54) is 0 Å². The molecular formula is C12H18N4O4. The minimum absolute atomic E-state index is 0.00900. The monoisotopic (exact) mass is 282 g/mol. The molecule has 1 heterocycles. The van der Waals surface area contributed by atoms with Crippen LogP contribution in [0.1, 0.15) is 13.8 Å². The number of nitrogens with two attached hydrogens (primary N) is 1. The van der Waals surface area contributed by atoms with E-state index >= 15 is 0 Å². The Morgan fingerprint density at radius 1 is 1.25 bits per heavy atom. The van der Waals surface area contributed by atoms with Crippen molar-refractivity contribution in [1.82, 2.24) is 4.98 Å². The highest BCUT2D eigenvalue weighted by Gasteiger charge is 2.08.